The van der Waals surface area contributed by atoms with Crippen LogP contribution in [0.1, 0.15) is 38.3 Å². The minimum atomic E-state index is 0.299. The van der Waals surface area contributed by atoms with Gasteiger partial charge in [0.05, 0.1) is 18.1 Å². The molecule has 8 heteroatoms. The molecule has 1 atom stereocenters. The smallest absolute Gasteiger partial charge is 0.165 e. The largest absolute Gasteiger partial charge is 0.383 e. The Morgan fingerprint density at radius 2 is 2.00 bits per heavy atom. The highest BCUT2D eigenvalue weighted by Crippen LogP contribution is 2.37. The molecule has 1 aliphatic rings. The van der Waals surface area contributed by atoms with Crippen LogP contribution < -0.4 is 11.1 Å². The third kappa shape index (κ3) is 3.54. The standard InChI is InChI=1S/C20H22N8.C2H6/c1-27-12-15(10-24-27)16-11-25-28-19(21)17(13-4-2-6-22-8-13)18(26-20(16)28)14-5-3-7-23-9-14;1-2/h2,4,6,8,10-12,14,23H,3,5,7,9,21H2,1H3;1-2H3. The Morgan fingerprint density at radius 1 is 1.13 bits per heavy atom. The van der Waals surface area contributed by atoms with Crippen molar-refractivity contribution in [3.8, 4) is 22.3 Å². The predicted octanol–water partition coefficient (Wildman–Crippen LogP) is 3.27. The van der Waals surface area contributed by atoms with Crippen LogP contribution in [-0.2, 0) is 7.05 Å². The predicted molar refractivity (Wildman–Crippen MR) is 119 cm³/mol. The number of nitrogens with two attached hydrogens (primary N) is 1. The number of fused-ring (bicyclic) bond motifs is 1. The van der Waals surface area contributed by atoms with E-state index in [1.165, 1.54) is 0 Å². The van der Waals surface area contributed by atoms with Crippen molar-refractivity contribution in [1.82, 2.24) is 34.7 Å². The summed E-state index contributed by atoms with van der Waals surface area (Å²) in [5.74, 6) is 0.890. The van der Waals surface area contributed by atoms with E-state index in [0.29, 0.717) is 11.7 Å². The molecule has 0 saturated carbocycles. The van der Waals surface area contributed by atoms with Crippen LogP contribution in [0.4, 0.5) is 5.82 Å². The molecule has 1 fully saturated rings. The number of hydrogen-bond donors (Lipinski definition) is 2. The van der Waals surface area contributed by atoms with Crippen LogP contribution in [0.25, 0.3) is 27.9 Å². The Balaban J connectivity index is 0.00000106. The van der Waals surface area contributed by atoms with Gasteiger partial charge in [-0.3, -0.25) is 9.67 Å². The maximum absolute atomic E-state index is 6.65. The van der Waals surface area contributed by atoms with E-state index in [9.17, 15) is 0 Å². The average molecular weight is 405 g/mol. The molecule has 0 aromatic carbocycles. The Bertz CT molecular complexity index is 1120. The van der Waals surface area contributed by atoms with Gasteiger partial charge in [0.25, 0.3) is 0 Å². The Hall–Kier alpha value is -3.26. The number of nitrogens with zero attached hydrogens (tertiary/aromatic N) is 6. The van der Waals surface area contributed by atoms with Crippen LogP contribution in [0, 0.1) is 0 Å². The Kier molecular flexibility index (Phi) is 5.76. The molecule has 3 N–H and O–H groups in total. The molecule has 0 amide bonds. The zero-order valence-corrected chi connectivity index (χ0v) is 17.7. The molecule has 156 valence electrons. The summed E-state index contributed by atoms with van der Waals surface area (Å²) in [6, 6.07) is 3.95. The monoisotopic (exact) mass is 404 g/mol. The number of rotatable bonds is 3. The maximum Gasteiger partial charge on any atom is 0.165 e. The van der Waals surface area contributed by atoms with Crippen molar-refractivity contribution in [2.24, 2.45) is 7.05 Å². The fraction of sp³-hybridized carbons (Fsp3) is 0.364. The molecule has 4 aromatic rings. The van der Waals surface area contributed by atoms with E-state index in [2.05, 4.69) is 20.5 Å². The van der Waals surface area contributed by atoms with E-state index in [-0.39, 0.29) is 0 Å². The van der Waals surface area contributed by atoms with Crippen LogP contribution in [0.2, 0.25) is 0 Å². The number of aryl methyl sites for hydroxylation is 1. The molecule has 0 radical (unpaired) electrons. The van der Waals surface area contributed by atoms with Gasteiger partial charge in [-0.2, -0.15) is 14.7 Å². The lowest BCUT2D eigenvalue weighted by Crippen LogP contribution is -2.29. The zero-order valence-electron chi connectivity index (χ0n) is 17.7. The first kappa shape index (κ1) is 20.0. The number of hydrogen-bond acceptors (Lipinski definition) is 6. The first-order valence-corrected chi connectivity index (χ1v) is 10.5. The second-order valence-electron chi connectivity index (χ2n) is 7.24. The van der Waals surface area contributed by atoms with Gasteiger partial charge in [0.15, 0.2) is 5.65 Å². The van der Waals surface area contributed by atoms with Gasteiger partial charge in [-0.15, -0.1) is 0 Å². The van der Waals surface area contributed by atoms with Crippen molar-refractivity contribution < 1.29 is 0 Å². The molecule has 5 rings (SSSR count). The molecular formula is C22H28N8. The number of nitrogen functional groups attached to an aromatic ring is 1. The molecule has 0 bridgehead atoms. The summed E-state index contributed by atoms with van der Waals surface area (Å²) in [5.41, 5.74) is 12.2. The summed E-state index contributed by atoms with van der Waals surface area (Å²) in [4.78, 5) is 9.38. The summed E-state index contributed by atoms with van der Waals surface area (Å²) in [6.07, 6.45) is 11.4. The van der Waals surface area contributed by atoms with Crippen LogP contribution in [0.15, 0.2) is 43.1 Å². The van der Waals surface area contributed by atoms with Gasteiger partial charge in [-0.05, 0) is 25.5 Å². The second-order valence-corrected chi connectivity index (χ2v) is 7.24. The Morgan fingerprint density at radius 3 is 2.67 bits per heavy atom. The van der Waals surface area contributed by atoms with Gasteiger partial charge in [0.2, 0.25) is 0 Å². The van der Waals surface area contributed by atoms with Crippen molar-refractivity contribution in [3.63, 3.8) is 0 Å². The van der Waals surface area contributed by atoms with E-state index in [1.807, 2.05) is 57.8 Å². The van der Waals surface area contributed by atoms with Crippen LogP contribution in [0.5, 0.6) is 0 Å². The van der Waals surface area contributed by atoms with Crippen molar-refractivity contribution in [2.45, 2.75) is 32.6 Å². The summed E-state index contributed by atoms with van der Waals surface area (Å²) >= 11 is 0. The van der Waals surface area contributed by atoms with Gasteiger partial charge < -0.3 is 11.1 Å². The average Bonchev–Trinajstić information content (AvgIpc) is 3.42. The molecular weight excluding hydrogens is 376 g/mol. The zero-order chi connectivity index (χ0) is 21.1. The molecule has 0 aliphatic carbocycles. The minimum absolute atomic E-state index is 0.299. The van der Waals surface area contributed by atoms with Gasteiger partial charge in [0, 0.05) is 60.4 Å². The lowest BCUT2D eigenvalue weighted by atomic mass is 9.90. The number of pyridine rings is 1. The summed E-state index contributed by atoms with van der Waals surface area (Å²) in [7, 11) is 1.90. The topological polar surface area (TPSA) is 99.0 Å². The van der Waals surface area contributed by atoms with Gasteiger partial charge in [-0.1, -0.05) is 19.9 Å². The highest BCUT2D eigenvalue weighted by Gasteiger charge is 2.26. The van der Waals surface area contributed by atoms with E-state index >= 15 is 0 Å². The lowest BCUT2D eigenvalue weighted by Gasteiger charge is -2.25. The summed E-state index contributed by atoms with van der Waals surface area (Å²) < 4.78 is 3.50. The summed E-state index contributed by atoms with van der Waals surface area (Å²) in [6.45, 7) is 5.94. The molecule has 1 aliphatic heterocycles. The third-order valence-electron chi connectivity index (χ3n) is 5.36. The van der Waals surface area contributed by atoms with Crippen LogP contribution >= 0.6 is 0 Å². The first-order valence-electron chi connectivity index (χ1n) is 10.5. The molecule has 0 spiro atoms. The summed E-state index contributed by atoms with van der Waals surface area (Å²) in [5, 5.41) is 12.3. The molecule has 8 nitrogen and oxygen atoms in total. The van der Waals surface area contributed by atoms with Gasteiger partial charge in [0.1, 0.15) is 5.82 Å². The van der Waals surface area contributed by atoms with Gasteiger partial charge in [-0.25, -0.2) is 4.98 Å². The maximum atomic E-state index is 6.65. The number of piperidine rings is 1. The van der Waals surface area contributed by atoms with E-state index in [4.69, 9.17) is 10.7 Å². The second kappa shape index (κ2) is 8.62. The van der Waals surface area contributed by atoms with Crippen molar-refractivity contribution >= 4 is 11.5 Å². The minimum Gasteiger partial charge on any atom is -0.383 e. The van der Waals surface area contributed by atoms with Crippen molar-refractivity contribution in [1.29, 1.82) is 0 Å². The normalized spacial score (nSPS) is 16.3. The van der Waals surface area contributed by atoms with E-state index in [0.717, 1.165) is 59.5 Å². The number of nitrogens with one attached hydrogen (secondary N) is 1. The fourth-order valence-corrected chi connectivity index (χ4v) is 3.98. The fourth-order valence-electron chi connectivity index (χ4n) is 3.98. The van der Waals surface area contributed by atoms with Gasteiger partial charge >= 0.3 is 0 Å². The number of aromatic nitrogens is 6. The molecule has 1 saturated heterocycles. The highest BCUT2D eigenvalue weighted by molar-refractivity contribution is 5.83. The van der Waals surface area contributed by atoms with E-state index < -0.39 is 0 Å². The molecule has 4 aromatic heterocycles. The third-order valence-corrected chi connectivity index (χ3v) is 5.36. The van der Waals surface area contributed by atoms with Crippen molar-refractivity contribution in [3.05, 3.63) is 48.8 Å². The van der Waals surface area contributed by atoms with E-state index in [1.54, 1.807) is 15.4 Å². The van der Waals surface area contributed by atoms with Crippen molar-refractivity contribution in [2.75, 3.05) is 18.8 Å². The highest BCUT2D eigenvalue weighted by atomic mass is 15.3. The molecule has 1 unspecified atom stereocenters. The number of anilines is 1. The lowest BCUT2D eigenvalue weighted by molar-refractivity contribution is 0.455. The Labute approximate surface area is 176 Å². The quantitative estimate of drug-likeness (QED) is 0.544. The first-order chi connectivity index (χ1) is 14.7. The SMILES string of the molecule is CC.Cn1cc(-c2cnn3c(N)c(-c4cccnc4)c(C4CCCNC4)nc23)cn1. The molecule has 30 heavy (non-hydrogen) atoms. The van der Waals surface area contributed by atoms with Crippen LogP contribution in [0.3, 0.4) is 0 Å². The van der Waals surface area contributed by atoms with Crippen LogP contribution in [-0.4, -0.2) is 42.5 Å². The molecule has 5 heterocycles.